The number of hydrogen-bond donors (Lipinski definition) is 2. The summed E-state index contributed by atoms with van der Waals surface area (Å²) < 4.78 is 0. The second-order valence-corrected chi connectivity index (χ2v) is 5.91. The fraction of sp³-hybridized carbons (Fsp3) is 0.833. The van der Waals surface area contributed by atoms with Crippen molar-refractivity contribution in [1.82, 2.24) is 0 Å². The molecular formula is C18H36MgO3. The number of allylic oxidation sites excluding steroid dienone is 1. The zero-order chi connectivity index (χ0) is 15.8. The summed E-state index contributed by atoms with van der Waals surface area (Å²) in [6.07, 6.45) is 17.4. The Balaban J connectivity index is -0.000000667. The molecule has 0 fully saturated rings. The third-order valence-electron chi connectivity index (χ3n) is 3.73. The molecule has 0 aliphatic rings. The van der Waals surface area contributed by atoms with Gasteiger partial charge in [0.1, 0.15) is 0 Å². The van der Waals surface area contributed by atoms with Crippen LogP contribution in [-0.4, -0.2) is 45.3 Å². The average molecular weight is 325 g/mol. The third kappa shape index (κ3) is 19.9. The van der Waals surface area contributed by atoms with Crippen LogP contribution in [0.2, 0.25) is 0 Å². The Bertz CT molecular complexity index is 277. The van der Waals surface area contributed by atoms with Crippen LogP contribution in [0, 0.1) is 0 Å². The fourth-order valence-corrected chi connectivity index (χ4v) is 2.36. The molecule has 128 valence electrons. The second kappa shape index (κ2) is 19.0. The van der Waals surface area contributed by atoms with Crippen LogP contribution in [0.4, 0.5) is 0 Å². The van der Waals surface area contributed by atoms with E-state index in [2.05, 4.69) is 19.1 Å². The van der Waals surface area contributed by atoms with Crippen LogP contribution in [-0.2, 0) is 4.79 Å². The van der Waals surface area contributed by atoms with Crippen LogP contribution < -0.4 is 0 Å². The molecule has 1 atom stereocenters. The van der Waals surface area contributed by atoms with Crippen molar-refractivity contribution in [3.63, 3.8) is 0 Å². The molecule has 0 aromatic rings. The molecule has 0 saturated carbocycles. The number of unbranched alkanes of at least 4 members (excludes halogenated alkanes) is 8. The van der Waals surface area contributed by atoms with E-state index in [1.165, 1.54) is 25.7 Å². The van der Waals surface area contributed by atoms with Crippen molar-refractivity contribution in [2.45, 2.75) is 96.5 Å². The second-order valence-electron chi connectivity index (χ2n) is 5.91. The van der Waals surface area contributed by atoms with E-state index in [-0.39, 0.29) is 32.0 Å². The SMILES string of the molecule is CCCCCC[C@@H](O)C/C=C\CCCCCCCC(=O)O.[H-].[H-].[Mg+2]. The largest absolute Gasteiger partial charge is 2.00 e. The van der Waals surface area contributed by atoms with Crippen LogP contribution in [0.1, 0.15) is 93.2 Å². The monoisotopic (exact) mass is 324 g/mol. The van der Waals surface area contributed by atoms with Crippen molar-refractivity contribution in [3.05, 3.63) is 12.2 Å². The van der Waals surface area contributed by atoms with Crippen LogP contribution >= 0.6 is 0 Å². The van der Waals surface area contributed by atoms with Gasteiger partial charge in [0.15, 0.2) is 0 Å². The molecule has 22 heavy (non-hydrogen) atoms. The number of aliphatic carboxylic acids is 1. The van der Waals surface area contributed by atoms with Gasteiger partial charge in [0, 0.05) is 6.42 Å². The predicted molar refractivity (Wildman–Crippen MR) is 96.5 cm³/mol. The van der Waals surface area contributed by atoms with E-state index in [1.54, 1.807) is 0 Å². The summed E-state index contributed by atoms with van der Waals surface area (Å²) in [4.78, 5) is 10.3. The van der Waals surface area contributed by atoms with E-state index < -0.39 is 5.97 Å². The van der Waals surface area contributed by atoms with Crippen molar-refractivity contribution in [2.24, 2.45) is 0 Å². The first-order valence-corrected chi connectivity index (χ1v) is 8.71. The summed E-state index contributed by atoms with van der Waals surface area (Å²) in [6, 6.07) is 0. The van der Waals surface area contributed by atoms with Crippen molar-refractivity contribution < 1.29 is 17.9 Å². The Morgan fingerprint density at radius 1 is 1.00 bits per heavy atom. The summed E-state index contributed by atoms with van der Waals surface area (Å²) >= 11 is 0. The normalized spacial score (nSPS) is 12.3. The van der Waals surface area contributed by atoms with E-state index in [4.69, 9.17) is 5.11 Å². The minimum absolute atomic E-state index is 0. The first-order chi connectivity index (χ1) is 10.2. The number of carboxylic acids is 1. The third-order valence-corrected chi connectivity index (χ3v) is 3.73. The van der Waals surface area contributed by atoms with Crippen LogP contribution in [0.3, 0.4) is 0 Å². The van der Waals surface area contributed by atoms with Crippen molar-refractivity contribution in [1.29, 1.82) is 0 Å². The van der Waals surface area contributed by atoms with Gasteiger partial charge < -0.3 is 13.1 Å². The van der Waals surface area contributed by atoms with Gasteiger partial charge in [0.25, 0.3) is 0 Å². The van der Waals surface area contributed by atoms with Gasteiger partial charge in [-0.25, -0.2) is 0 Å². The van der Waals surface area contributed by atoms with Gasteiger partial charge in [0.2, 0.25) is 0 Å². The van der Waals surface area contributed by atoms with Gasteiger partial charge in [-0.15, -0.1) is 0 Å². The molecule has 0 radical (unpaired) electrons. The first-order valence-electron chi connectivity index (χ1n) is 8.71. The number of aliphatic hydroxyl groups is 1. The molecule has 0 amide bonds. The molecule has 2 N–H and O–H groups in total. The maximum absolute atomic E-state index is 10.3. The summed E-state index contributed by atoms with van der Waals surface area (Å²) in [7, 11) is 0. The van der Waals surface area contributed by atoms with Crippen LogP contribution in [0.15, 0.2) is 12.2 Å². The molecule has 0 rings (SSSR count). The molecule has 0 aliphatic carbocycles. The topological polar surface area (TPSA) is 57.5 Å². The van der Waals surface area contributed by atoms with E-state index >= 15 is 0 Å². The Labute approximate surface area is 155 Å². The molecule has 3 nitrogen and oxygen atoms in total. The van der Waals surface area contributed by atoms with Gasteiger partial charge in [-0.1, -0.05) is 64.0 Å². The van der Waals surface area contributed by atoms with Gasteiger partial charge in [-0.05, 0) is 32.1 Å². The summed E-state index contributed by atoms with van der Waals surface area (Å²) in [6.45, 7) is 2.20. The molecule has 0 spiro atoms. The molecule has 0 heterocycles. The van der Waals surface area contributed by atoms with Gasteiger partial charge in [0.05, 0.1) is 6.10 Å². The van der Waals surface area contributed by atoms with Crippen LogP contribution in [0.5, 0.6) is 0 Å². The molecule has 0 aromatic carbocycles. The van der Waals surface area contributed by atoms with E-state index in [1.807, 2.05) is 0 Å². The van der Waals surface area contributed by atoms with Crippen molar-refractivity contribution >= 4 is 29.0 Å². The molecule has 0 bridgehead atoms. The summed E-state index contributed by atoms with van der Waals surface area (Å²) in [5.74, 6) is -0.689. The quantitative estimate of drug-likeness (QED) is 0.255. The summed E-state index contributed by atoms with van der Waals surface area (Å²) in [5, 5.41) is 18.3. The van der Waals surface area contributed by atoms with E-state index in [0.717, 1.165) is 51.4 Å². The maximum atomic E-state index is 10.3. The number of hydrogen-bond acceptors (Lipinski definition) is 2. The zero-order valence-electron chi connectivity index (χ0n) is 16.4. The molecule has 4 heteroatoms. The zero-order valence-corrected chi connectivity index (χ0v) is 15.8. The number of aliphatic hydroxyl groups excluding tert-OH is 1. The summed E-state index contributed by atoms with van der Waals surface area (Å²) in [5.41, 5.74) is 0. The smallest absolute Gasteiger partial charge is 1.00 e. The molecule has 0 aliphatic heterocycles. The standard InChI is InChI=1S/C18H34O3.Mg.2H/c1-2-3-4-11-14-17(19)15-12-9-7-5-6-8-10-13-16-18(20)21;;;/h9,12,17,19H,2-8,10-11,13-16H2,1H3,(H,20,21);;;/q;+2;2*-1/b12-9-;;;/t17-;;;/m1.../s1. The Morgan fingerprint density at radius 2 is 1.64 bits per heavy atom. The number of rotatable bonds is 15. The van der Waals surface area contributed by atoms with Gasteiger partial charge >= 0.3 is 29.0 Å². The average Bonchev–Trinajstić information content (AvgIpc) is 2.45. The Morgan fingerprint density at radius 3 is 2.32 bits per heavy atom. The maximum Gasteiger partial charge on any atom is 2.00 e. The van der Waals surface area contributed by atoms with Gasteiger partial charge in [-0.2, -0.15) is 0 Å². The molecule has 0 unspecified atom stereocenters. The van der Waals surface area contributed by atoms with Crippen LogP contribution in [0.25, 0.3) is 0 Å². The van der Waals surface area contributed by atoms with Gasteiger partial charge in [-0.3, -0.25) is 4.79 Å². The van der Waals surface area contributed by atoms with Crippen molar-refractivity contribution in [2.75, 3.05) is 0 Å². The van der Waals surface area contributed by atoms with Crippen molar-refractivity contribution in [3.8, 4) is 0 Å². The van der Waals surface area contributed by atoms with E-state index in [0.29, 0.717) is 6.42 Å². The first kappa shape index (κ1) is 24.2. The Hall–Kier alpha value is -0.0638. The predicted octanol–water partition coefficient (Wildman–Crippen LogP) is 4.92. The molecule has 0 aromatic heterocycles. The number of carbonyl (C=O) groups is 1. The van der Waals surface area contributed by atoms with E-state index in [9.17, 15) is 9.90 Å². The minimum atomic E-state index is -0.689. The minimum Gasteiger partial charge on any atom is -1.00 e. The number of carboxylic acid groups (broad SMARTS) is 1. The molecular weight excluding hydrogens is 288 g/mol. The fourth-order valence-electron chi connectivity index (χ4n) is 2.36. The molecule has 0 saturated heterocycles. The Kier molecular flexibility index (Phi) is 20.9.